The van der Waals surface area contributed by atoms with Crippen molar-refractivity contribution in [1.29, 1.82) is 0 Å². The summed E-state index contributed by atoms with van der Waals surface area (Å²) in [5.41, 5.74) is 0. The molecule has 0 aromatic carbocycles. The predicted octanol–water partition coefficient (Wildman–Crippen LogP) is 1.67. The molecule has 0 aromatic rings. The maximum atomic E-state index is 8.54. The highest BCUT2D eigenvalue weighted by atomic mass is 32.2. The van der Waals surface area contributed by atoms with Crippen molar-refractivity contribution in [3.05, 3.63) is 0 Å². The minimum absolute atomic E-state index is 0.326. The van der Waals surface area contributed by atoms with Gasteiger partial charge < -0.3 is 9.84 Å². The van der Waals surface area contributed by atoms with E-state index < -0.39 is 0 Å². The quantitative estimate of drug-likeness (QED) is 0.646. The average Bonchev–Trinajstić information content (AvgIpc) is 2.57. The fraction of sp³-hybridized carbons (Fsp3) is 1.00. The first-order chi connectivity index (χ1) is 5.93. The summed E-state index contributed by atoms with van der Waals surface area (Å²) in [4.78, 5) is 0. The summed E-state index contributed by atoms with van der Waals surface area (Å²) < 4.78 is 5.50. The van der Waals surface area contributed by atoms with Crippen molar-refractivity contribution in [3.8, 4) is 0 Å². The Hall–Kier alpha value is 0.270. The molecule has 1 fully saturated rings. The number of aliphatic hydroxyl groups is 1. The van der Waals surface area contributed by atoms with E-state index in [2.05, 4.69) is 0 Å². The Morgan fingerprint density at radius 1 is 1.42 bits per heavy atom. The van der Waals surface area contributed by atoms with Crippen LogP contribution in [-0.2, 0) is 4.74 Å². The molecule has 0 bridgehead atoms. The Morgan fingerprint density at radius 3 is 3.00 bits per heavy atom. The lowest BCUT2D eigenvalue weighted by Gasteiger charge is -2.07. The molecular formula is C9H18O2S. The summed E-state index contributed by atoms with van der Waals surface area (Å²) in [6.45, 7) is 1.29. The van der Waals surface area contributed by atoms with Crippen molar-refractivity contribution in [1.82, 2.24) is 0 Å². The van der Waals surface area contributed by atoms with Gasteiger partial charge in [-0.3, -0.25) is 0 Å². The van der Waals surface area contributed by atoms with E-state index in [-0.39, 0.29) is 0 Å². The number of hydrogen-bond acceptors (Lipinski definition) is 3. The molecule has 72 valence electrons. The SMILES string of the molecule is OCCCSCCC1CCCO1. The van der Waals surface area contributed by atoms with Gasteiger partial charge >= 0.3 is 0 Å². The van der Waals surface area contributed by atoms with Crippen molar-refractivity contribution in [2.24, 2.45) is 0 Å². The molecule has 0 amide bonds. The zero-order valence-electron chi connectivity index (χ0n) is 7.50. The molecule has 1 aliphatic rings. The number of rotatable bonds is 6. The van der Waals surface area contributed by atoms with Gasteiger partial charge in [0, 0.05) is 13.2 Å². The molecule has 1 aliphatic heterocycles. The molecule has 1 N–H and O–H groups in total. The van der Waals surface area contributed by atoms with Crippen molar-refractivity contribution >= 4 is 11.8 Å². The molecule has 2 nitrogen and oxygen atoms in total. The Morgan fingerprint density at radius 2 is 2.33 bits per heavy atom. The fourth-order valence-corrected chi connectivity index (χ4v) is 2.32. The van der Waals surface area contributed by atoms with Crippen molar-refractivity contribution < 1.29 is 9.84 Å². The summed E-state index contributed by atoms with van der Waals surface area (Å²) in [7, 11) is 0. The van der Waals surface area contributed by atoms with E-state index in [0.717, 1.165) is 18.8 Å². The lowest BCUT2D eigenvalue weighted by molar-refractivity contribution is 0.109. The van der Waals surface area contributed by atoms with Gasteiger partial charge in [-0.1, -0.05) is 0 Å². The topological polar surface area (TPSA) is 29.5 Å². The summed E-state index contributed by atoms with van der Waals surface area (Å²) in [5, 5.41) is 8.54. The maximum absolute atomic E-state index is 8.54. The van der Waals surface area contributed by atoms with Crippen molar-refractivity contribution in [2.75, 3.05) is 24.7 Å². The van der Waals surface area contributed by atoms with Crippen LogP contribution in [0.15, 0.2) is 0 Å². The lowest BCUT2D eigenvalue weighted by atomic mass is 10.2. The highest BCUT2D eigenvalue weighted by molar-refractivity contribution is 7.99. The van der Waals surface area contributed by atoms with E-state index in [4.69, 9.17) is 9.84 Å². The second-order valence-electron chi connectivity index (χ2n) is 3.11. The van der Waals surface area contributed by atoms with E-state index in [1.165, 1.54) is 25.0 Å². The first-order valence-electron chi connectivity index (χ1n) is 4.73. The van der Waals surface area contributed by atoms with Crippen LogP contribution in [0.1, 0.15) is 25.7 Å². The molecule has 0 radical (unpaired) electrons. The van der Waals surface area contributed by atoms with E-state index in [9.17, 15) is 0 Å². The summed E-state index contributed by atoms with van der Waals surface area (Å²) >= 11 is 1.92. The smallest absolute Gasteiger partial charge is 0.0583 e. The van der Waals surface area contributed by atoms with Gasteiger partial charge in [0.25, 0.3) is 0 Å². The molecule has 0 aliphatic carbocycles. The third-order valence-electron chi connectivity index (χ3n) is 2.05. The number of hydrogen-bond donors (Lipinski definition) is 1. The molecule has 0 aromatic heterocycles. The number of ether oxygens (including phenoxy) is 1. The van der Waals surface area contributed by atoms with Crippen LogP contribution < -0.4 is 0 Å². The first kappa shape index (κ1) is 10.4. The van der Waals surface area contributed by atoms with E-state index >= 15 is 0 Å². The van der Waals surface area contributed by atoms with Crippen LogP contribution in [0.4, 0.5) is 0 Å². The molecule has 0 saturated carbocycles. The van der Waals surface area contributed by atoms with Crippen LogP contribution in [0.3, 0.4) is 0 Å². The molecule has 3 heteroatoms. The molecule has 1 rings (SSSR count). The van der Waals surface area contributed by atoms with Gasteiger partial charge in [0.05, 0.1) is 6.10 Å². The number of aliphatic hydroxyl groups excluding tert-OH is 1. The molecule has 0 spiro atoms. The van der Waals surface area contributed by atoms with Crippen LogP contribution in [-0.4, -0.2) is 35.9 Å². The van der Waals surface area contributed by atoms with Gasteiger partial charge in [-0.05, 0) is 37.2 Å². The lowest BCUT2D eigenvalue weighted by Crippen LogP contribution is -2.05. The Bertz CT molecular complexity index is 103. The molecule has 1 unspecified atom stereocenters. The molecule has 1 heterocycles. The van der Waals surface area contributed by atoms with Crippen LogP contribution in [0.5, 0.6) is 0 Å². The molecular weight excluding hydrogens is 172 g/mol. The standard InChI is InChI=1S/C9H18O2S/c10-5-2-7-12-8-4-9-3-1-6-11-9/h9-10H,1-8H2. The van der Waals surface area contributed by atoms with Gasteiger partial charge in [-0.15, -0.1) is 0 Å². The van der Waals surface area contributed by atoms with Crippen LogP contribution in [0, 0.1) is 0 Å². The van der Waals surface area contributed by atoms with Gasteiger partial charge in [-0.2, -0.15) is 11.8 Å². The molecule has 12 heavy (non-hydrogen) atoms. The van der Waals surface area contributed by atoms with Gasteiger partial charge in [0.1, 0.15) is 0 Å². The van der Waals surface area contributed by atoms with Crippen LogP contribution >= 0.6 is 11.8 Å². The monoisotopic (exact) mass is 190 g/mol. The minimum atomic E-state index is 0.326. The second-order valence-corrected chi connectivity index (χ2v) is 4.34. The second kappa shape index (κ2) is 6.75. The highest BCUT2D eigenvalue weighted by Crippen LogP contribution is 2.17. The maximum Gasteiger partial charge on any atom is 0.0583 e. The Labute approximate surface area is 78.7 Å². The Kier molecular flexibility index (Phi) is 5.82. The minimum Gasteiger partial charge on any atom is -0.396 e. The summed E-state index contributed by atoms with van der Waals surface area (Å²) in [5.74, 6) is 2.27. The van der Waals surface area contributed by atoms with Crippen LogP contribution in [0.2, 0.25) is 0 Å². The van der Waals surface area contributed by atoms with Crippen LogP contribution in [0.25, 0.3) is 0 Å². The highest BCUT2D eigenvalue weighted by Gasteiger charge is 2.14. The van der Waals surface area contributed by atoms with Gasteiger partial charge in [0.15, 0.2) is 0 Å². The third kappa shape index (κ3) is 4.33. The molecule has 1 atom stereocenters. The zero-order valence-corrected chi connectivity index (χ0v) is 8.31. The van der Waals surface area contributed by atoms with Gasteiger partial charge in [0.2, 0.25) is 0 Å². The number of thioether (sulfide) groups is 1. The zero-order chi connectivity index (χ0) is 8.65. The van der Waals surface area contributed by atoms with E-state index in [0.29, 0.717) is 12.7 Å². The third-order valence-corrected chi connectivity index (χ3v) is 3.16. The first-order valence-corrected chi connectivity index (χ1v) is 5.89. The normalized spacial score (nSPS) is 23.2. The summed E-state index contributed by atoms with van der Waals surface area (Å²) in [6, 6.07) is 0. The van der Waals surface area contributed by atoms with E-state index in [1.807, 2.05) is 11.8 Å². The summed E-state index contributed by atoms with van der Waals surface area (Å²) in [6.07, 6.45) is 5.14. The van der Waals surface area contributed by atoms with Gasteiger partial charge in [-0.25, -0.2) is 0 Å². The predicted molar refractivity (Wildman–Crippen MR) is 52.6 cm³/mol. The van der Waals surface area contributed by atoms with Crippen molar-refractivity contribution in [2.45, 2.75) is 31.8 Å². The molecule has 1 saturated heterocycles. The largest absolute Gasteiger partial charge is 0.396 e. The Balaban J connectivity index is 1.81. The van der Waals surface area contributed by atoms with E-state index in [1.54, 1.807) is 0 Å². The average molecular weight is 190 g/mol. The van der Waals surface area contributed by atoms with Crippen molar-refractivity contribution in [3.63, 3.8) is 0 Å². The fourth-order valence-electron chi connectivity index (χ4n) is 1.36.